The van der Waals surface area contributed by atoms with Crippen LogP contribution in [0.25, 0.3) is 0 Å². The number of rotatable bonds is 7. The van der Waals surface area contributed by atoms with Crippen LogP contribution in [0.1, 0.15) is 47.1 Å². The smallest absolute Gasteiger partial charge is 0.329 e. The molecule has 8 nitrogen and oxygen atoms in total. The van der Waals surface area contributed by atoms with Crippen molar-refractivity contribution < 1.29 is 28.7 Å². The molecule has 3 rings (SSSR count). The molecule has 0 radical (unpaired) electrons. The second-order valence-corrected chi connectivity index (χ2v) is 8.06. The molecule has 0 bridgehead atoms. The van der Waals surface area contributed by atoms with E-state index in [1.165, 1.54) is 13.0 Å². The summed E-state index contributed by atoms with van der Waals surface area (Å²) in [6, 6.07) is 10.7. The van der Waals surface area contributed by atoms with Crippen molar-refractivity contribution in [1.29, 1.82) is 0 Å². The number of esters is 1. The Hall–Kier alpha value is -3.68. The average molecular weight is 438 g/mol. The highest BCUT2D eigenvalue weighted by atomic mass is 16.5. The molecule has 0 unspecified atom stereocenters. The SMILES string of the molecule is Cc1cccc(C(=O)N[C@H](C(=O)O[C@@H](C)C(=O)c2ccc3c(c2)NC(=O)CO3)C(C)C)c1. The zero-order valence-electron chi connectivity index (χ0n) is 18.4. The van der Waals surface area contributed by atoms with Gasteiger partial charge in [-0.1, -0.05) is 31.5 Å². The van der Waals surface area contributed by atoms with Gasteiger partial charge < -0.3 is 20.1 Å². The minimum Gasteiger partial charge on any atom is -0.482 e. The van der Waals surface area contributed by atoms with Gasteiger partial charge in [0.2, 0.25) is 5.78 Å². The lowest BCUT2D eigenvalue weighted by Gasteiger charge is -2.23. The molecule has 0 spiro atoms. The fourth-order valence-electron chi connectivity index (χ4n) is 3.28. The molecule has 32 heavy (non-hydrogen) atoms. The Bertz CT molecular complexity index is 1060. The molecule has 0 fully saturated rings. The first-order valence-electron chi connectivity index (χ1n) is 10.3. The van der Waals surface area contributed by atoms with Crippen LogP contribution in [0.2, 0.25) is 0 Å². The highest BCUT2D eigenvalue weighted by Crippen LogP contribution is 2.29. The minimum absolute atomic E-state index is 0.0842. The van der Waals surface area contributed by atoms with Gasteiger partial charge in [-0.3, -0.25) is 14.4 Å². The number of nitrogens with one attached hydrogen (secondary N) is 2. The third-order valence-electron chi connectivity index (χ3n) is 5.05. The maximum Gasteiger partial charge on any atom is 0.329 e. The first-order valence-corrected chi connectivity index (χ1v) is 10.3. The summed E-state index contributed by atoms with van der Waals surface area (Å²) in [6.07, 6.45) is -1.09. The molecule has 2 atom stereocenters. The van der Waals surface area contributed by atoms with E-state index in [0.717, 1.165) is 5.56 Å². The van der Waals surface area contributed by atoms with Crippen LogP contribution in [0.15, 0.2) is 42.5 Å². The predicted molar refractivity (Wildman–Crippen MR) is 118 cm³/mol. The number of benzene rings is 2. The quantitative estimate of drug-likeness (QED) is 0.508. The van der Waals surface area contributed by atoms with E-state index in [-0.39, 0.29) is 24.0 Å². The molecule has 2 amide bonds. The van der Waals surface area contributed by atoms with Gasteiger partial charge in [0.25, 0.3) is 11.8 Å². The number of fused-ring (bicyclic) bond motifs is 1. The van der Waals surface area contributed by atoms with Gasteiger partial charge in [0, 0.05) is 11.1 Å². The molecule has 2 N–H and O–H groups in total. The van der Waals surface area contributed by atoms with Gasteiger partial charge in [0.15, 0.2) is 12.7 Å². The second-order valence-electron chi connectivity index (χ2n) is 8.06. The van der Waals surface area contributed by atoms with Crippen molar-refractivity contribution in [1.82, 2.24) is 5.32 Å². The molecule has 1 aliphatic rings. The van der Waals surface area contributed by atoms with E-state index in [1.54, 1.807) is 44.2 Å². The number of aryl methyl sites for hydroxylation is 1. The van der Waals surface area contributed by atoms with Gasteiger partial charge in [-0.25, -0.2) is 4.79 Å². The maximum absolute atomic E-state index is 12.8. The van der Waals surface area contributed by atoms with Gasteiger partial charge in [0.1, 0.15) is 11.8 Å². The lowest BCUT2D eigenvalue weighted by atomic mass is 10.0. The zero-order valence-corrected chi connectivity index (χ0v) is 18.4. The normalized spacial score (nSPS) is 14.5. The average Bonchev–Trinajstić information content (AvgIpc) is 2.75. The lowest BCUT2D eigenvalue weighted by Crippen LogP contribution is -2.46. The number of anilines is 1. The Morgan fingerprint density at radius 1 is 1.06 bits per heavy atom. The Morgan fingerprint density at radius 3 is 2.50 bits per heavy atom. The Balaban J connectivity index is 1.68. The van der Waals surface area contributed by atoms with Crippen LogP contribution in [-0.2, 0) is 14.3 Å². The second kappa shape index (κ2) is 9.64. The fraction of sp³-hybridized carbons (Fsp3) is 0.333. The van der Waals surface area contributed by atoms with E-state index < -0.39 is 29.8 Å². The molecule has 0 saturated heterocycles. The van der Waals surface area contributed by atoms with Gasteiger partial charge in [-0.2, -0.15) is 0 Å². The minimum atomic E-state index is -1.09. The summed E-state index contributed by atoms with van der Waals surface area (Å²) in [5.41, 5.74) is 2.01. The summed E-state index contributed by atoms with van der Waals surface area (Å²) in [5.74, 6) is -1.64. The van der Waals surface area contributed by atoms with E-state index >= 15 is 0 Å². The highest BCUT2D eigenvalue weighted by molar-refractivity contribution is 6.03. The van der Waals surface area contributed by atoms with Crippen molar-refractivity contribution in [2.75, 3.05) is 11.9 Å². The Kier molecular flexibility index (Phi) is 6.92. The van der Waals surface area contributed by atoms with E-state index in [0.29, 0.717) is 17.0 Å². The van der Waals surface area contributed by atoms with Crippen LogP contribution < -0.4 is 15.4 Å². The first-order chi connectivity index (χ1) is 15.2. The number of amides is 2. The summed E-state index contributed by atoms with van der Waals surface area (Å²) >= 11 is 0. The first kappa shape index (κ1) is 23.0. The summed E-state index contributed by atoms with van der Waals surface area (Å²) in [4.78, 5) is 49.7. The molecule has 1 heterocycles. The van der Waals surface area contributed by atoms with E-state index in [2.05, 4.69) is 10.6 Å². The number of ketones is 1. The monoisotopic (exact) mass is 438 g/mol. The molecule has 2 aromatic carbocycles. The number of hydrogen-bond donors (Lipinski definition) is 2. The van der Waals surface area contributed by atoms with Crippen molar-refractivity contribution in [3.63, 3.8) is 0 Å². The summed E-state index contributed by atoms with van der Waals surface area (Å²) in [5, 5.41) is 5.34. The molecular weight excluding hydrogens is 412 g/mol. The number of carbonyl (C=O) groups excluding carboxylic acids is 4. The Labute approximate surface area is 186 Å². The number of Topliss-reactive ketones (excluding diaryl/α,β-unsaturated/α-hetero) is 1. The standard InChI is InChI=1S/C24H26N2O6/c1-13(2)21(26-23(29)17-7-5-6-14(3)10-17)24(30)32-15(4)22(28)16-8-9-19-18(11-16)25-20(27)12-31-19/h5-11,13,15,21H,12H2,1-4H3,(H,25,27)(H,26,29)/t15-,21-/m0/s1. The van der Waals surface area contributed by atoms with Crippen LogP contribution in [0.3, 0.4) is 0 Å². The van der Waals surface area contributed by atoms with E-state index in [9.17, 15) is 19.2 Å². The predicted octanol–water partition coefficient (Wildman–Crippen LogP) is 2.89. The molecule has 168 valence electrons. The van der Waals surface area contributed by atoms with Gasteiger partial charge >= 0.3 is 5.97 Å². The summed E-state index contributed by atoms with van der Waals surface area (Å²) < 4.78 is 10.7. The van der Waals surface area contributed by atoms with Gasteiger partial charge in [0.05, 0.1) is 5.69 Å². The number of hydrogen-bond acceptors (Lipinski definition) is 6. The molecule has 0 saturated carbocycles. The molecule has 1 aliphatic heterocycles. The summed E-state index contributed by atoms with van der Waals surface area (Å²) in [7, 11) is 0. The van der Waals surface area contributed by atoms with Crippen LogP contribution in [-0.4, -0.2) is 42.3 Å². The third kappa shape index (κ3) is 5.32. The van der Waals surface area contributed by atoms with Crippen molar-refractivity contribution in [2.24, 2.45) is 5.92 Å². The van der Waals surface area contributed by atoms with E-state index in [1.807, 2.05) is 13.0 Å². The van der Waals surface area contributed by atoms with Crippen LogP contribution in [0.4, 0.5) is 5.69 Å². The van der Waals surface area contributed by atoms with Crippen LogP contribution in [0, 0.1) is 12.8 Å². The maximum atomic E-state index is 12.8. The highest BCUT2D eigenvalue weighted by Gasteiger charge is 2.30. The van der Waals surface area contributed by atoms with Crippen molar-refractivity contribution >= 4 is 29.3 Å². The van der Waals surface area contributed by atoms with Crippen molar-refractivity contribution in [3.05, 3.63) is 59.2 Å². The molecule has 0 aliphatic carbocycles. The van der Waals surface area contributed by atoms with E-state index in [4.69, 9.17) is 9.47 Å². The number of carbonyl (C=O) groups is 4. The Morgan fingerprint density at radius 2 is 1.81 bits per heavy atom. The largest absolute Gasteiger partial charge is 0.482 e. The number of ether oxygens (including phenoxy) is 2. The van der Waals surface area contributed by atoms with Crippen molar-refractivity contribution in [2.45, 2.75) is 39.8 Å². The third-order valence-corrected chi connectivity index (χ3v) is 5.05. The molecule has 0 aromatic heterocycles. The molecular formula is C24H26N2O6. The van der Waals surface area contributed by atoms with Gasteiger partial charge in [-0.15, -0.1) is 0 Å². The molecule has 2 aromatic rings. The zero-order chi connectivity index (χ0) is 23.4. The topological polar surface area (TPSA) is 111 Å². The van der Waals surface area contributed by atoms with Gasteiger partial charge in [-0.05, 0) is 50.1 Å². The van der Waals surface area contributed by atoms with Crippen LogP contribution >= 0.6 is 0 Å². The summed E-state index contributed by atoms with van der Waals surface area (Å²) in [6.45, 7) is 6.81. The lowest BCUT2D eigenvalue weighted by molar-refractivity contribution is -0.149. The van der Waals surface area contributed by atoms with Crippen molar-refractivity contribution in [3.8, 4) is 5.75 Å². The van der Waals surface area contributed by atoms with Crippen LogP contribution in [0.5, 0.6) is 5.75 Å². The molecule has 8 heteroatoms. The fourth-order valence-corrected chi connectivity index (χ4v) is 3.28.